The van der Waals surface area contributed by atoms with Crippen molar-refractivity contribution >= 4 is 6.03 Å². The van der Waals surface area contributed by atoms with E-state index in [1.165, 1.54) is 0 Å². The van der Waals surface area contributed by atoms with Gasteiger partial charge >= 0.3 is 6.03 Å². The molecule has 2 aliphatic carbocycles. The van der Waals surface area contributed by atoms with E-state index in [1.807, 2.05) is 0 Å². The van der Waals surface area contributed by atoms with Crippen molar-refractivity contribution in [1.82, 2.24) is 25.0 Å². The number of fused-ring (bicyclic) bond motifs is 1. The number of aromatic nitrogens is 1. The van der Waals surface area contributed by atoms with Gasteiger partial charge in [0.05, 0.1) is 5.69 Å². The zero-order chi connectivity index (χ0) is 25.5. The third kappa shape index (κ3) is 5.15. The van der Waals surface area contributed by atoms with E-state index >= 15 is 8.78 Å². The highest BCUT2D eigenvalue weighted by molar-refractivity contribution is 5.75. The standard InChI is InChI=1S/C27H43F2N5O2/c1-19(2)32-15-17-33(18-16-32)21-8-6-10-27(28,29)23(21)31-25(35)34-13-11-26(3,12-14-34)24-30-20-7-4-5-9-22(20)36-24/h19,21,23H,4-18H2,1-3H3,(H,31,35). The molecule has 4 aliphatic rings. The molecule has 2 amide bonds. The lowest BCUT2D eigenvalue weighted by atomic mass is 9.80. The second-order valence-electron chi connectivity index (χ2n) is 12.0. The van der Waals surface area contributed by atoms with Crippen LogP contribution in [0.4, 0.5) is 13.6 Å². The number of rotatable bonds is 4. The Hall–Kier alpha value is -1.74. The quantitative estimate of drug-likeness (QED) is 0.662. The van der Waals surface area contributed by atoms with E-state index in [9.17, 15) is 4.79 Å². The van der Waals surface area contributed by atoms with Gasteiger partial charge in [0.15, 0.2) is 0 Å². The van der Waals surface area contributed by atoms with Crippen LogP contribution in [0, 0.1) is 0 Å². The Bertz CT molecular complexity index is 896. The molecule has 202 valence electrons. The number of carbonyl (C=O) groups excluding carboxylic acids is 1. The third-order valence-corrected chi connectivity index (χ3v) is 9.19. The van der Waals surface area contributed by atoms with Gasteiger partial charge in [-0.25, -0.2) is 18.6 Å². The van der Waals surface area contributed by atoms with Crippen molar-refractivity contribution in [2.24, 2.45) is 0 Å². The maximum Gasteiger partial charge on any atom is 0.317 e. The Balaban J connectivity index is 1.21. The largest absolute Gasteiger partial charge is 0.445 e. The van der Waals surface area contributed by atoms with Crippen molar-refractivity contribution in [1.29, 1.82) is 0 Å². The van der Waals surface area contributed by atoms with Gasteiger partial charge in [0.1, 0.15) is 11.8 Å². The van der Waals surface area contributed by atoms with Gasteiger partial charge in [-0.15, -0.1) is 0 Å². The van der Waals surface area contributed by atoms with Crippen molar-refractivity contribution in [2.45, 2.75) is 108 Å². The number of aryl methyl sites for hydroxylation is 2. The van der Waals surface area contributed by atoms with Crippen LogP contribution in [0.1, 0.15) is 83.1 Å². The maximum atomic E-state index is 15.2. The van der Waals surface area contributed by atoms with Gasteiger partial charge in [-0.2, -0.15) is 0 Å². The first-order valence-electron chi connectivity index (χ1n) is 14.1. The number of piperidine rings is 1. The van der Waals surface area contributed by atoms with Gasteiger partial charge in [0.2, 0.25) is 5.89 Å². The monoisotopic (exact) mass is 507 g/mol. The van der Waals surface area contributed by atoms with Crippen molar-refractivity contribution in [2.75, 3.05) is 39.3 Å². The molecule has 1 N–H and O–H groups in total. The molecule has 2 aliphatic heterocycles. The van der Waals surface area contributed by atoms with Crippen LogP contribution in [0.3, 0.4) is 0 Å². The van der Waals surface area contributed by atoms with Crippen molar-refractivity contribution < 1.29 is 18.0 Å². The molecule has 3 heterocycles. The molecule has 2 saturated heterocycles. The Morgan fingerprint density at radius 1 is 1.03 bits per heavy atom. The van der Waals surface area contributed by atoms with Gasteiger partial charge < -0.3 is 14.6 Å². The molecule has 5 rings (SSSR count). The van der Waals surface area contributed by atoms with Gasteiger partial charge in [0.25, 0.3) is 5.92 Å². The lowest BCUT2D eigenvalue weighted by Crippen LogP contribution is -2.66. The molecule has 9 heteroatoms. The van der Waals surface area contributed by atoms with Crippen LogP contribution in [0.25, 0.3) is 0 Å². The number of piperazine rings is 1. The summed E-state index contributed by atoms with van der Waals surface area (Å²) in [7, 11) is 0. The fraction of sp³-hybridized carbons (Fsp3) is 0.852. The normalized spacial score (nSPS) is 29.2. The third-order valence-electron chi connectivity index (χ3n) is 9.19. The van der Waals surface area contributed by atoms with Crippen LogP contribution in [-0.2, 0) is 18.3 Å². The molecule has 0 radical (unpaired) electrons. The second-order valence-corrected chi connectivity index (χ2v) is 12.0. The lowest BCUT2D eigenvalue weighted by Gasteiger charge is -2.48. The number of oxazole rings is 1. The first kappa shape index (κ1) is 25.9. The summed E-state index contributed by atoms with van der Waals surface area (Å²) in [6.45, 7) is 10.9. The molecule has 2 unspecified atom stereocenters. The van der Waals surface area contributed by atoms with Gasteiger partial charge in [-0.3, -0.25) is 9.80 Å². The van der Waals surface area contributed by atoms with Gasteiger partial charge in [0, 0.05) is 69.6 Å². The van der Waals surface area contributed by atoms with Crippen molar-refractivity contribution in [3.8, 4) is 0 Å². The van der Waals surface area contributed by atoms with E-state index in [0.717, 1.165) is 82.0 Å². The highest BCUT2D eigenvalue weighted by Gasteiger charge is 2.50. The summed E-state index contributed by atoms with van der Waals surface area (Å²) in [6, 6.07) is -1.36. The number of halogens is 2. The molecule has 0 bridgehead atoms. The number of carbonyl (C=O) groups is 1. The second kappa shape index (κ2) is 10.2. The van der Waals surface area contributed by atoms with Crippen LogP contribution < -0.4 is 5.32 Å². The maximum absolute atomic E-state index is 15.2. The summed E-state index contributed by atoms with van der Waals surface area (Å²) in [5.74, 6) is -1.08. The van der Waals surface area contributed by atoms with Crippen LogP contribution in [0.5, 0.6) is 0 Å². The zero-order valence-corrected chi connectivity index (χ0v) is 22.2. The molecule has 3 fully saturated rings. The van der Waals surface area contributed by atoms with E-state index in [4.69, 9.17) is 9.40 Å². The minimum Gasteiger partial charge on any atom is -0.445 e. The van der Waals surface area contributed by atoms with Gasteiger partial charge in [-0.05, 0) is 58.8 Å². The predicted octanol–water partition coefficient (Wildman–Crippen LogP) is 4.20. The van der Waals surface area contributed by atoms with Crippen LogP contribution in [-0.4, -0.2) is 89.0 Å². The summed E-state index contributed by atoms with van der Waals surface area (Å²) in [5, 5.41) is 2.81. The number of alkyl halides is 2. The highest BCUT2D eigenvalue weighted by atomic mass is 19.3. The van der Waals surface area contributed by atoms with Crippen LogP contribution in [0.15, 0.2) is 4.42 Å². The average molecular weight is 508 g/mol. The highest BCUT2D eigenvalue weighted by Crippen LogP contribution is 2.39. The smallest absolute Gasteiger partial charge is 0.317 e. The first-order chi connectivity index (χ1) is 17.2. The molecule has 1 aromatic rings. The number of urea groups is 1. The fourth-order valence-electron chi connectivity index (χ4n) is 6.58. The molecular formula is C27H43F2N5O2. The van der Waals surface area contributed by atoms with Crippen molar-refractivity contribution in [3.63, 3.8) is 0 Å². The molecule has 36 heavy (non-hydrogen) atoms. The predicted molar refractivity (Wildman–Crippen MR) is 134 cm³/mol. The zero-order valence-electron chi connectivity index (χ0n) is 22.2. The Kier molecular flexibility index (Phi) is 7.33. The lowest BCUT2D eigenvalue weighted by molar-refractivity contribution is -0.0973. The summed E-state index contributed by atoms with van der Waals surface area (Å²) in [5.41, 5.74) is 0.874. The Labute approximate surface area is 214 Å². The molecular weight excluding hydrogens is 464 g/mol. The summed E-state index contributed by atoms with van der Waals surface area (Å²) in [4.78, 5) is 24.3. The minimum absolute atomic E-state index is 0.159. The van der Waals surface area contributed by atoms with E-state index < -0.39 is 12.0 Å². The summed E-state index contributed by atoms with van der Waals surface area (Å²) in [6.07, 6.45) is 6.72. The number of likely N-dealkylation sites (tertiary alicyclic amines) is 1. The summed E-state index contributed by atoms with van der Waals surface area (Å²) >= 11 is 0. The molecule has 0 aromatic carbocycles. The Morgan fingerprint density at radius 3 is 2.39 bits per heavy atom. The van der Waals surface area contributed by atoms with Crippen LogP contribution in [0.2, 0.25) is 0 Å². The van der Waals surface area contributed by atoms with Crippen molar-refractivity contribution in [3.05, 3.63) is 17.3 Å². The number of amides is 2. The Morgan fingerprint density at radius 2 is 1.72 bits per heavy atom. The molecule has 0 spiro atoms. The topological polar surface area (TPSA) is 64.8 Å². The number of hydrogen-bond donors (Lipinski definition) is 1. The fourth-order valence-corrected chi connectivity index (χ4v) is 6.58. The molecule has 7 nitrogen and oxygen atoms in total. The van der Waals surface area contributed by atoms with E-state index in [0.29, 0.717) is 32.0 Å². The summed E-state index contributed by atoms with van der Waals surface area (Å²) < 4.78 is 36.5. The minimum atomic E-state index is -2.89. The first-order valence-corrected chi connectivity index (χ1v) is 14.1. The number of nitrogens with zero attached hydrogens (tertiary/aromatic N) is 4. The van der Waals surface area contributed by atoms with E-state index in [2.05, 4.69) is 35.9 Å². The molecule has 1 saturated carbocycles. The molecule has 2 atom stereocenters. The number of nitrogens with one attached hydrogen (secondary N) is 1. The number of hydrogen-bond acceptors (Lipinski definition) is 5. The van der Waals surface area contributed by atoms with Gasteiger partial charge in [-0.1, -0.05) is 6.92 Å². The van der Waals surface area contributed by atoms with E-state index in [1.54, 1.807) is 4.90 Å². The molecule has 1 aromatic heterocycles. The SMILES string of the molecule is CC(C)N1CCN(C2CCCC(F)(F)C2NC(=O)N2CCC(C)(c3nc4c(o3)CCCC4)CC2)CC1. The van der Waals surface area contributed by atoms with E-state index in [-0.39, 0.29) is 23.9 Å². The van der Waals surface area contributed by atoms with Crippen LogP contribution >= 0.6 is 0 Å². The average Bonchev–Trinajstić information content (AvgIpc) is 3.31.